The van der Waals surface area contributed by atoms with E-state index in [1.165, 1.54) is 0 Å². The molecular formula is C11H15BrN2O. The molecule has 0 aliphatic heterocycles. The maximum atomic E-state index is 11.7. The number of hydrogen-bond acceptors (Lipinski definition) is 2. The molecule has 1 unspecified atom stereocenters. The summed E-state index contributed by atoms with van der Waals surface area (Å²) in [6.07, 6.45) is 0. The Bertz CT molecular complexity index is 352. The summed E-state index contributed by atoms with van der Waals surface area (Å²) in [5.41, 5.74) is 3.74. The van der Waals surface area contributed by atoms with Crippen LogP contribution < -0.4 is 5.43 Å². The van der Waals surface area contributed by atoms with E-state index in [9.17, 15) is 4.79 Å². The highest BCUT2D eigenvalue weighted by Gasteiger charge is 2.17. The Morgan fingerprint density at radius 3 is 2.53 bits per heavy atom. The molecule has 4 heteroatoms. The van der Waals surface area contributed by atoms with E-state index in [1.807, 2.05) is 31.2 Å². The van der Waals surface area contributed by atoms with Crippen LogP contribution in [-0.4, -0.2) is 25.0 Å². The van der Waals surface area contributed by atoms with E-state index in [1.54, 1.807) is 19.1 Å². The van der Waals surface area contributed by atoms with E-state index in [4.69, 9.17) is 0 Å². The quantitative estimate of drug-likeness (QED) is 0.854. The third kappa shape index (κ3) is 3.32. The van der Waals surface area contributed by atoms with Crippen molar-refractivity contribution in [1.82, 2.24) is 10.4 Å². The molecule has 0 saturated heterocycles. The van der Waals surface area contributed by atoms with Gasteiger partial charge in [0, 0.05) is 18.6 Å². The Hall–Kier alpha value is -0.870. The van der Waals surface area contributed by atoms with Crippen LogP contribution in [0.25, 0.3) is 0 Å². The molecule has 1 N–H and O–H groups in total. The fourth-order valence-electron chi connectivity index (χ4n) is 1.28. The maximum absolute atomic E-state index is 11.7. The molecule has 1 amide bonds. The average molecular weight is 271 g/mol. The third-order valence-corrected chi connectivity index (χ3v) is 2.82. The summed E-state index contributed by atoms with van der Waals surface area (Å²) in [5.74, 6) is -0.171. The van der Waals surface area contributed by atoms with E-state index in [-0.39, 0.29) is 11.8 Å². The molecule has 3 nitrogen and oxygen atoms in total. The summed E-state index contributed by atoms with van der Waals surface area (Å²) in [7, 11) is 3.59. The Morgan fingerprint density at radius 2 is 2.00 bits per heavy atom. The third-order valence-electron chi connectivity index (χ3n) is 2.10. The zero-order valence-electron chi connectivity index (χ0n) is 9.12. The molecule has 0 aliphatic carbocycles. The molecule has 15 heavy (non-hydrogen) atoms. The lowest BCUT2D eigenvalue weighted by molar-refractivity contribution is -0.125. The minimum Gasteiger partial charge on any atom is -0.289 e. The standard InChI is InChI=1S/C11H15BrN2O/c1-8(11(15)13-14(2)3)9-6-4-5-7-10(9)12/h4-8H,1-3H3,(H,13,15). The number of hydrogen-bond donors (Lipinski definition) is 1. The summed E-state index contributed by atoms with van der Waals surface area (Å²) in [6, 6.07) is 7.75. The van der Waals surface area contributed by atoms with E-state index >= 15 is 0 Å². The van der Waals surface area contributed by atoms with Crippen LogP contribution in [0, 0.1) is 0 Å². The van der Waals surface area contributed by atoms with Crippen LogP contribution in [-0.2, 0) is 4.79 Å². The highest BCUT2D eigenvalue weighted by molar-refractivity contribution is 9.10. The van der Waals surface area contributed by atoms with Crippen LogP contribution in [0.3, 0.4) is 0 Å². The number of benzene rings is 1. The van der Waals surface area contributed by atoms with E-state index in [0.717, 1.165) is 10.0 Å². The van der Waals surface area contributed by atoms with Crippen LogP contribution in [0.5, 0.6) is 0 Å². The number of rotatable bonds is 3. The number of halogens is 1. The second-order valence-corrected chi connectivity index (χ2v) is 4.47. The zero-order chi connectivity index (χ0) is 11.4. The van der Waals surface area contributed by atoms with Crippen molar-refractivity contribution in [3.05, 3.63) is 34.3 Å². The molecule has 0 fully saturated rings. The average Bonchev–Trinajstić information content (AvgIpc) is 2.16. The van der Waals surface area contributed by atoms with Gasteiger partial charge in [0.15, 0.2) is 0 Å². The Labute approximate surface area is 98.6 Å². The van der Waals surface area contributed by atoms with Gasteiger partial charge in [0.2, 0.25) is 5.91 Å². The van der Waals surface area contributed by atoms with Crippen molar-refractivity contribution in [3.63, 3.8) is 0 Å². The highest BCUT2D eigenvalue weighted by Crippen LogP contribution is 2.24. The molecular weight excluding hydrogens is 256 g/mol. The first kappa shape index (κ1) is 12.2. The number of nitrogens with one attached hydrogen (secondary N) is 1. The smallest absolute Gasteiger partial charge is 0.241 e. The van der Waals surface area contributed by atoms with Crippen LogP contribution in [0.2, 0.25) is 0 Å². The van der Waals surface area contributed by atoms with Gasteiger partial charge in [-0.15, -0.1) is 0 Å². The number of nitrogens with zero attached hydrogens (tertiary/aromatic N) is 1. The monoisotopic (exact) mass is 270 g/mol. The second kappa shape index (κ2) is 5.28. The Morgan fingerprint density at radius 1 is 1.40 bits per heavy atom. The van der Waals surface area contributed by atoms with Gasteiger partial charge in [-0.3, -0.25) is 10.2 Å². The van der Waals surface area contributed by atoms with Crippen LogP contribution in [0.15, 0.2) is 28.7 Å². The molecule has 0 bridgehead atoms. The first-order valence-electron chi connectivity index (χ1n) is 4.74. The topological polar surface area (TPSA) is 32.3 Å². The predicted molar refractivity (Wildman–Crippen MR) is 64.4 cm³/mol. The van der Waals surface area contributed by atoms with Gasteiger partial charge >= 0.3 is 0 Å². The summed E-state index contributed by atoms with van der Waals surface area (Å²) in [6.45, 7) is 1.89. The van der Waals surface area contributed by atoms with Gasteiger partial charge in [0.1, 0.15) is 0 Å². The number of amides is 1. The van der Waals surface area contributed by atoms with E-state index < -0.39 is 0 Å². The normalized spacial score (nSPS) is 12.6. The molecule has 1 aromatic rings. The fourth-order valence-corrected chi connectivity index (χ4v) is 1.91. The van der Waals surface area contributed by atoms with Gasteiger partial charge in [0.25, 0.3) is 0 Å². The van der Waals surface area contributed by atoms with Gasteiger partial charge < -0.3 is 0 Å². The number of carbonyl (C=O) groups is 1. The molecule has 82 valence electrons. The van der Waals surface area contributed by atoms with Crippen molar-refractivity contribution >= 4 is 21.8 Å². The lowest BCUT2D eigenvalue weighted by Crippen LogP contribution is -2.38. The number of hydrazine groups is 1. The molecule has 0 heterocycles. The highest BCUT2D eigenvalue weighted by atomic mass is 79.9. The van der Waals surface area contributed by atoms with Gasteiger partial charge in [-0.05, 0) is 18.6 Å². The van der Waals surface area contributed by atoms with Crippen LogP contribution in [0.1, 0.15) is 18.4 Å². The first-order valence-corrected chi connectivity index (χ1v) is 5.54. The van der Waals surface area contributed by atoms with Crippen molar-refractivity contribution in [2.45, 2.75) is 12.8 Å². The molecule has 1 rings (SSSR count). The van der Waals surface area contributed by atoms with Crippen molar-refractivity contribution < 1.29 is 4.79 Å². The Kier molecular flexibility index (Phi) is 4.29. The van der Waals surface area contributed by atoms with Crippen LogP contribution >= 0.6 is 15.9 Å². The van der Waals surface area contributed by atoms with Crippen molar-refractivity contribution in [2.75, 3.05) is 14.1 Å². The molecule has 0 aromatic heterocycles. The lowest BCUT2D eigenvalue weighted by atomic mass is 10.0. The van der Waals surface area contributed by atoms with Crippen LogP contribution in [0.4, 0.5) is 0 Å². The van der Waals surface area contributed by atoms with Gasteiger partial charge in [-0.25, -0.2) is 5.01 Å². The largest absolute Gasteiger partial charge is 0.289 e. The molecule has 0 spiro atoms. The molecule has 1 aromatic carbocycles. The molecule has 0 saturated carbocycles. The second-order valence-electron chi connectivity index (χ2n) is 3.61. The molecule has 0 radical (unpaired) electrons. The Balaban J connectivity index is 2.81. The molecule has 0 aliphatic rings. The summed E-state index contributed by atoms with van der Waals surface area (Å²) < 4.78 is 0.964. The lowest BCUT2D eigenvalue weighted by Gasteiger charge is -2.17. The molecule has 1 atom stereocenters. The minimum atomic E-state index is -0.164. The summed E-state index contributed by atoms with van der Waals surface area (Å²) in [4.78, 5) is 11.7. The number of carbonyl (C=O) groups excluding carboxylic acids is 1. The summed E-state index contributed by atoms with van der Waals surface area (Å²) >= 11 is 3.44. The predicted octanol–water partition coefficient (Wildman–Crippen LogP) is 2.15. The van der Waals surface area contributed by atoms with E-state index in [2.05, 4.69) is 21.4 Å². The maximum Gasteiger partial charge on any atom is 0.241 e. The van der Waals surface area contributed by atoms with Crippen molar-refractivity contribution in [1.29, 1.82) is 0 Å². The van der Waals surface area contributed by atoms with Crippen molar-refractivity contribution in [2.24, 2.45) is 0 Å². The van der Waals surface area contributed by atoms with Gasteiger partial charge in [-0.1, -0.05) is 34.1 Å². The summed E-state index contributed by atoms with van der Waals surface area (Å²) in [5, 5.41) is 1.65. The SMILES string of the molecule is CC(C(=O)NN(C)C)c1ccccc1Br. The van der Waals surface area contributed by atoms with Crippen molar-refractivity contribution in [3.8, 4) is 0 Å². The first-order chi connectivity index (χ1) is 7.02. The zero-order valence-corrected chi connectivity index (χ0v) is 10.7. The van der Waals surface area contributed by atoms with Gasteiger partial charge in [-0.2, -0.15) is 0 Å². The minimum absolute atomic E-state index is 0.00750. The fraction of sp³-hybridized carbons (Fsp3) is 0.364. The van der Waals surface area contributed by atoms with E-state index in [0.29, 0.717) is 0 Å². The van der Waals surface area contributed by atoms with Gasteiger partial charge in [0.05, 0.1) is 5.92 Å².